The molecule has 3 aromatic carbocycles. The molecule has 0 atom stereocenters. The van der Waals surface area contributed by atoms with Gasteiger partial charge in [0.05, 0.1) is 5.69 Å². The van der Waals surface area contributed by atoms with Gasteiger partial charge in [0, 0.05) is 28.3 Å². The van der Waals surface area contributed by atoms with E-state index < -0.39 is 0 Å². The number of ether oxygens (including phenoxy) is 1. The molecule has 0 radical (unpaired) electrons. The van der Waals surface area contributed by atoms with Crippen molar-refractivity contribution >= 4 is 23.2 Å². The Kier molecular flexibility index (Phi) is 5.59. The van der Waals surface area contributed by atoms with Gasteiger partial charge in [0.2, 0.25) is 0 Å². The van der Waals surface area contributed by atoms with Crippen molar-refractivity contribution in [3.05, 3.63) is 111 Å². The van der Waals surface area contributed by atoms with E-state index in [-0.39, 0.29) is 12.2 Å². The highest BCUT2D eigenvalue weighted by Crippen LogP contribution is 2.26. The predicted molar refractivity (Wildman–Crippen MR) is 132 cm³/mol. The number of aromatic nitrogens is 2. The van der Waals surface area contributed by atoms with Crippen LogP contribution in [0.25, 0.3) is 33.5 Å². The van der Waals surface area contributed by atoms with Crippen molar-refractivity contribution in [3.63, 3.8) is 0 Å². The number of aromatic amines is 1. The van der Waals surface area contributed by atoms with Crippen molar-refractivity contribution in [3.8, 4) is 28.3 Å². The summed E-state index contributed by atoms with van der Waals surface area (Å²) in [5.74, 6) is 0.697. The van der Waals surface area contributed by atoms with Crippen molar-refractivity contribution in [2.75, 3.05) is 0 Å². The van der Waals surface area contributed by atoms with Gasteiger partial charge in [-0.2, -0.15) is 0 Å². The largest absolute Gasteiger partial charge is 0.489 e. The summed E-state index contributed by atoms with van der Waals surface area (Å²) >= 11 is 5.34. The smallest absolute Gasteiger partial charge is 0.336 e. The number of hydrogen-bond acceptors (Lipinski definition) is 5. The molecule has 1 N–H and O–H groups in total. The Morgan fingerprint density at radius 3 is 2.52 bits per heavy atom. The zero-order chi connectivity index (χ0) is 22.8. The second-order valence-electron chi connectivity index (χ2n) is 7.75. The first-order chi connectivity index (χ1) is 16.0. The Morgan fingerprint density at radius 2 is 1.73 bits per heavy atom. The summed E-state index contributed by atoms with van der Waals surface area (Å²) in [5, 5.41) is 0.870. The maximum Gasteiger partial charge on any atom is 0.336 e. The quantitative estimate of drug-likeness (QED) is 0.245. The Labute approximate surface area is 195 Å². The fourth-order valence-corrected chi connectivity index (χ4v) is 3.93. The summed E-state index contributed by atoms with van der Waals surface area (Å²) in [6.07, 6.45) is 0. The van der Waals surface area contributed by atoms with Crippen LogP contribution in [0.4, 0.5) is 0 Å². The molecule has 2 heterocycles. The van der Waals surface area contributed by atoms with Crippen LogP contribution < -0.4 is 10.4 Å². The lowest BCUT2D eigenvalue weighted by Crippen LogP contribution is -2.04. The van der Waals surface area contributed by atoms with E-state index in [2.05, 4.69) is 9.97 Å². The average molecular weight is 453 g/mol. The minimum Gasteiger partial charge on any atom is -0.489 e. The number of fused-ring (bicyclic) bond motifs is 1. The van der Waals surface area contributed by atoms with E-state index in [1.54, 1.807) is 0 Å². The van der Waals surface area contributed by atoms with Gasteiger partial charge in [0.1, 0.15) is 17.9 Å². The third kappa shape index (κ3) is 4.61. The van der Waals surface area contributed by atoms with Gasteiger partial charge in [-0.1, -0.05) is 42.5 Å². The number of nitrogens with zero attached hydrogens (tertiary/aromatic N) is 1. The van der Waals surface area contributed by atoms with Gasteiger partial charge >= 0.3 is 5.63 Å². The molecule has 0 aliphatic rings. The molecule has 162 valence electrons. The summed E-state index contributed by atoms with van der Waals surface area (Å²) in [5.41, 5.74) is 5.67. The van der Waals surface area contributed by atoms with E-state index in [1.807, 2.05) is 85.8 Å². The zero-order valence-electron chi connectivity index (χ0n) is 17.9. The summed E-state index contributed by atoms with van der Waals surface area (Å²) in [6, 6.07) is 26.9. The second kappa shape index (κ2) is 8.84. The van der Waals surface area contributed by atoms with Gasteiger partial charge in [-0.25, -0.2) is 9.78 Å². The van der Waals surface area contributed by atoms with Crippen molar-refractivity contribution in [2.24, 2.45) is 0 Å². The topological polar surface area (TPSA) is 68.1 Å². The van der Waals surface area contributed by atoms with Crippen LogP contribution >= 0.6 is 12.2 Å². The van der Waals surface area contributed by atoms with Gasteiger partial charge in [0.25, 0.3) is 0 Å². The molecule has 5 aromatic rings. The van der Waals surface area contributed by atoms with E-state index in [1.165, 1.54) is 6.07 Å². The van der Waals surface area contributed by atoms with Gasteiger partial charge in [-0.3, -0.25) is 0 Å². The van der Waals surface area contributed by atoms with E-state index in [0.717, 1.165) is 39.0 Å². The molecule has 5 rings (SSSR count). The molecule has 0 bridgehead atoms. The summed E-state index contributed by atoms with van der Waals surface area (Å²) in [7, 11) is 0. The van der Waals surface area contributed by atoms with E-state index >= 15 is 0 Å². The standard InChI is InChI=1S/C27H20N2O3S/c1-17-7-12-22-20(14-26(30)32-25(22)13-17)16-31-21-10-8-19(9-11-21)24-15-23(28-27(33)29-24)18-5-3-2-4-6-18/h2-15H,16H2,1H3,(H,28,29,33). The van der Waals surface area contributed by atoms with Crippen LogP contribution in [0.1, 0.15) is 11.1 Å². The molecule has 0 unspecified atom stereocenters. The van der Waals surface area contributed by atoms with Crippen LogP contribution in [-0.2, 0) is 6.61 Å². The van der Waals surface area contributed by atoms with Gasteiger partial charge < -0.3 is 14.1 Å². The molecule has 0 amide bonds. The minimum absolute atomic E-state index is 0.264. The average Bonchev–Trinajstić information content (AvgIpc) is 2.82. The molecular formula is C27H20N2O3S. The Bertz CT molecular complexity index is 1560. The first kappa shape index (κ1) is 20.8. The Balaban J connectivity index is 1.38. The fourth-order valence-electron chi connectivity index (χ4n) is 3.72. The lowest BCUT2D eigenvalue weighted by atomic mass is 10.1. The lowest BCUT2D eigenvalue weighted by molar-refractivity contribution is 0.306. The SMILES string of the molecule is Cc1ccc2c(COc3ccc(-c4cc(-c5ccccc5)nc(=S)[nH]4)cc3)cc(=O)oc2c1. The van der Waals surface area contributed by atoms with Crippen molar-refractivity contribution in [1.29, 1.82) is 0 Å². The number of benzene rings is 3. The number of rotatable bonds is 5. The van der Waals surface area contributed by atoms with Crippen LogP contribution in [-0.4, -0.2) is 9.97 Å². The first-order valence-electron chi connectivity index (χ1n) is 10.5. The lowest BCUT2D eigenvalue weighted by Gasteiger charge is -2.10. The van der Waals surface area contributed by atoms with Gasteiger partial charge in [-0.05, 0) is 66.7 Å². The molecule has 0 aliphatic heterocycles. The number of aryl methyl sites for hydroxylation is 1. The highest BCUT2D eigenvalue weighted by Gasteiger charge is 2.08. The molecule has 0 saturated heterocycles. The fraction of sp³-hybridized carbons (Fsp3) is 0.0741. The van der Waals surface area contributed by atoms with Crippen LogP contribution in [0.15, 0.2) is 94.1 Å². The normalized spacial score (nSPS) is 10.9. The zero-order valence-corrected chi connectivity index (χ0v) is 18.7. The van der Waals surface area contributed by atoms with Crippen LogP contribution in [0.3, 0.4) is 0 Å². The molecular weight excluding hydrogens is 432 g/mol. The van der Waals surface area contributed by atoms with Crippen LogP contribution in [0.2, 0.25) is 0 Å². The molecule has 6 heteroatoms. The third-order valence-electron chi connectivity index (χ3n) is 5.36. The molecule has 0 spiro atoms. The van der Waals surface area contributed by atoms with Crippen LogP contribution in [0, 0.1) is 11.7 Å². The molecule has 2 aromatic heterocycles. The number of hydrogen-bond donors (Lipinski definition) is 1. The summed E-state index contributed by atoms with van der Waals surface area (Å²) in [6.45, 7) is 2.22. The Hall–Kier alpha value is -4.03. The summed E-state index contributed by atoms with van der Waals surface area (Å²) in [4.78, 5) is 19.6. The Morgan fingerprint density at radius 1 is 0.939 bits per heavy atom. The monoisotopic (exact) mass is 452 g/mol. The number of nitrogens with one attached hydrogen (secondary N) is 1. The highest BCUT2D eigenvalue weighted by atomic mass is 32.1. The van der Waals surface area contributed by atoms with Crippen molar-refractivity contribution in [2.45, 2.75) is 13.5 Å². The molecule has 0 aliphatic carbocycles. The maximum atomic E-state index is 11.9. The molecule has 5 nitrogen and oxygen atoms in total. The third-order valence-corrected chi connectivity index (χ3v) is 5.55. The van der Waals surface area contributed by atoms with Gasteiger partial charge in [0.15, 0.2) is 4.77 Å². The maximum absolute atomic E-state index is 11.9. The van der Waals surface area contributed by atoms with E-state index in [4.69, 9.17) is 21.4 Å². The first-order valence-corrected chi connectivity index (χ1v) is 10.9. The minimum atomic E-state index is -0.385. The van der Waals surface area contributed by atoms with E-state index in [0.29, 0.717) is 16.1 Å². The number of H-pyrrole nitrogens is 1. The van der Waals surface area contributed by atoms with Crippen molar-refractivity contribution in [1.82, 2.24) is 9.97 Å². The molecule has 0 saturated carbocycles. The molecule has 0 fully saturated rings. The van der Waals surface area contributed by atoms with E-state index in [9.17, 15) is 4.79 Å². The van der Waals surface area contributed by atoms with Gasteiger partial charge in [-0.15, -0.1) is 0 Å². The second-order valence-corrected chi connectivity index (χ2v) is 8.14. The predicted octanol–water partition coefficient (Wildman–Crippen LogP) is 6.47. The molecule has 33 heavy (non-hydrogen) atoms. The highest BCUT2D eigenvalue weighted by molar-refractivity contribution is 7.71. The summed E-state index contributed by atoms with van der Waals surface area (Å²) < 4.78 is 11.7. The van der Waals surface area contributed by atoms with Crippen molar-refractivity contribution < 1.29 is 9.15 Å². The van der Waals surface area contributed by atoms with Crippen LogP contribution in [0.5, 0.6) is 5.75 Å².